The maximum absolute atomic E-state index is 12.9. The first-order valence-electron chi connectivity index (χ1n) is 10.3. The van der Waals surface area contributed by atoms with Crippen LogP contribution in [0.5, 0.6) is 0 Å². The first-order chi connectivity index (χ1) is 14.9. The molecule has 1 aliphatic rings. The van der Waals surface area contributed by atoms with Crippen molar-refractivity contribution in [2.75, 3.05) is 6.54 Å². The van der Waals surface area contributed by atoms with Crippen molar-refractivity contribution in [3.63, 3.8) is 0 Å². The fraction of sp³-hybridized carbons (Fsp3) is 0.348. The molecule has 8 nitrogen and oxygen atoms in total. The molecule has 8 heteroatoms. The number of hydrogen-bond acceptors (Lipinski definition) is 5. The van der Waals surface area contributed by atoms with E-state index in [1.165, 1.54) is 17.3 Å². The number of hydroxylamine groups is 1. The molecule has 0 unspecified atom stereocenters. The summed E-state index contributed by atoms with van der Waals surface area (Å²) in [4.78, 5) is 38.7. The summed E-state index contributed by atoms with van der Waals surface area (Å²) in [5.41, 5.74) is 4.43. The fourth-order valence-corrected chi connectivity index (χ4v) is 3.78. The Labute approximate surface area is 180 Å². The molecule has 0 saturated carbocycles. The topological polar surface area (TPSA) is 119 Å². The van der Waals surface area contributed by atoms with E-state index in [-0.39, 0.29) is 12.3 Å². The highest BCUT2D eigenvalue weighted by molar-refractivity contribution is 5.92. The van der Waals surface area contributed by atoms with Gasteiger partial charge in [0.1, 0.15) is 12.1 Å². The number of amides is 3. The molecular formula is C23H27N3O5. The lowest BCUT2D eigenvalue weighted by Crippen LogP contribution is -2.56. The van der Waals surface area contributed by atoms with Crippen LogP contribution < -0.4 is 10.8 Å². The number of hydrogen-bond donors (Lipinski definition) is 4. The number of aliphatic hydroxyl groups excluding tert-OH is 1. The number of carbonyl (C=O) groups excluding carboxylic acids is 3. The van der Waals surface area contributed by atoms with E-state index >= 15 is 0 Å². The molecule has 0 aromatic heterocycles. The summed E-state index contributed by atoms with van der Waals surface area (Å²) < 4.78 is 0. The summed E-state index contributed by atoms with van der Waals surface area (Å²) in [5.74, 6) is -1.62. The fourth-order valence-electron chi connectivity index (χ4n) is 3.78. The second-order valence-electron chi connectivity index (χ2n) is 7.69. The van der Waals surface area contributed by atoms with Crippen molar-refractivity contribution in [2.24, 2.45) is 0 Å². The maximum Gasteiger partial charge on any atom is 0.268 e. The average molecular weight is 425 g/mol. The zero-order valence-corrected chi connectivity index (χ0v) is 17.3. The third-order valence-electron chi connectivity index (χ3n) is 5.47. The third kappa shape index (κ3) is 5.48. The Morgan fingerprint density at radius 1 is 1.06 bits per heavy atom. The highest BCUT2D eigenvalue weighted by atomic mass is 16.5. The lowest BCUT2D eigenvalue weighted by Gasteiger charge is -2.27. The lowest BCUT2D eigenvalue weighted by molar-refractivity contribution is -0.141. The van der Waals surface area contributed by atoms with E-state index in [0.29, 0.717) is 19.4 Å². The quantitative estimate of drug-likeness (QED) is 0.393. The predicted molar refractivity (Wildman–Crippen MR) is 114 cm³/mol. The van der Waals surface area contributed by atoms with E-state index in [1.807, 2.05) is 54.6 Å². The minimum Gasteiger partial charge on any atom is -0.391 e. The van der Waals surface area contributed by atoms with Crippen molar-refractivity contribution in [1.29, 1.82) is 0 Å². The largest absolute Gasteiger partial charge is 0.391 e. The number of aliphatic hydroxyl groups is 1. The first kappa shape index (κ1) is 22.5. The van der Waals surface area contributed by atoms with Gasteiger partial charge >= 0.3 is 0 Å². The Bertz CT molecular complexity index is 915. The van der Waals surface area contributed by atoms with Gasteiger partial charge in [0.15, 0.2) is 0 Å². The summed E-state index contributed by atoms with van der Waals surface area (Å²) in [6.45, 7) is 1.78. The van der Waals surface area contributed by atoms with Crippen LogP contribution in [0.4, 0.5) is 0 Å². The average Bonchev–Trinajstić information content (AvgIpc) is 3.28. The Balaban J connectivity index is 1.64. The number of rotatable bonds is 7. The van der Waals surface area contributed by atoms with Crippen molar-refractivity contribution in [2.45, 2.75) is 44.4 Å². The molecule has 3 rings (SSSR count). The smallest absolute Gasteiger partial charge is 0.268 e. The SMILES string of the molecule is C[C@@H](O)[C@H](NC(=O)[C@@H]1CCCN1C(=O)Cc1ccc(-c2ccccc2)cc1)C(=O)NO. The molecule has 0 aliphatic carbocycles. The van der Waals surface area contributed by atoms with Gasteiger partial charge in [0, 0.05) is 6.54 Å². The van der Waals surface area contributed by atoms with E-state index in [2.05, 4.69) is 5.32 Å². The van der Waals surface area contributed by atoms with E-state index in [1.54, 1.807) is 0 Å². The molecule has 3 amide bonds. The molecule has 164 valence electrons. The normalized spacial score (nSPS) is 17.6. The van der Waals surface area contributed by atoms with Crippen LogP contribution in [0.3, 0.4) is 0 Å². The Morgan fingerprint density at radius 3 is 2.32 bits per heavy atom. The summed E-state index contributed by atoms with van der Waals surface area (Å²) in [6, 6.07) is 15.6. The standard InChI is InChI=1S/C23H27N3O5/c1-15(27)21(23(30)25-31)24-22(29)19-8-5-13-26(19)20(28)14-16-9-11-18(12-10-16)17-6-3-2-4-7-17/h2-4,6-7,9-12,15,19,21,27,31H,5,8,13-14H2,1H3,(H,24,29)(H,25,30)/t15-,19+,21+/m1/s1. The zero-order chi connectivity index (χ0) is 22.4. The Hall–Kier alpha value is -3.23. The molecule has 4 N–H and O–H groups in total. The molecule has 2 aromatic carbocycles. The van der Waals surface area contributed by atoms with E-state index in [4.69, 9.17) is 5.21 Å². The lowest BCUT2D eigenvalue weighted by atomic mass is 10.0. The predicted octanol–water partition coefficient (Wildman–Crippen LogP) is 1.26. The number of benzene rings is 2. The zero-order valence-electron chi connectivity index (χ0n) is 17.3. The number of carbonyl (C=O) groups is 3. The molecule has 0 radical (unpaired) electrons. The van der Waals surface area contributed by atoms with Crippen LogP contribution in [0.2, 0.25) is 0 Å². The molecule has 1 aliphatic heterocycles. The molecule has 2 aromatic rings. The van der Waals surface area contributed by atoms with Gasteiger partial charge in [-0.15, -0.1) is 0 Å². The van der Waals surface area contributed by atoms with Gasteiger partial charge in [0.2, 0.25) is 11.8 Å². The van der Waals surface area contributed by atoms with Crippen molar-refractivity contribution < 1.29 is 24.7 Å². The van der Waals surface area contributed by atoms with Gasteiger partial charge in [-0.1, -0.05) is 54.6 Å². The maximum atomic E-state index is 12.9. The molecule has 31 heavy (non-hydrogen) atoms. The van der Waals surface area contributed by atoms with Crippen molar-refractivity contribution in [3.05, 3.63) is 60.2 Å². The van der Waals surface area contributed by atoms with Crippen molar-refractivity contribution in [3.8, 4) is 11.1 Å². The van der Waals surface area contributed by atoms with Gasteiger partial charge < -0.3 is 15.3 Å². The molecule has 1 fully saturated rings. The summed E-state index contributed by atoms with van der Waals surface area (Å²) in [7, 11) is 0. The van der Waals surface area contributed by atoms with E-state index in [9.17, 15) is 19.5 Å². The van der Waals surface area contributed by atoms with Crippen LogP contribution in [0, 0.1) is 0 Å². The molecule has 0 bridgehead atoms. The third-order valence-corrected chi connectivity index (χ3v) is 5.47. The minimum absolute atomic E-state index is 0.163. The molecule has 1 heterocycles. The van der Waals surface area contributed by atoms with Gasteiger partial charge in [0.25, 0.3) is 5.91 Å². The van der Waals surface area contributed by atoms with E-state index in [0.717, 1.165) is 16.7 Å². The molecule has 3 atom stereocenters. The molecular weight excluding hydrogens is 398 g/mol. The number of nitrogens with zero attached hydrogens (tertiary/aromatic N) is 1. The Morgan fingerprint density at radius 2 is 1.71 bits per heavy atom. The number of nitrogens with one attached hydrogen (secondary N) is 2. The van der Waals surface area contributed by atoms with Crippen LogP contribution in [0.1, 0.15) is 25.3 Å². The van der Waals surface area contributed by atoms with Crippen LogP contribution in [-0.2, 0) is 20.8 Å². The first-order valence-corrected chi connectivity index (χ1v) is 10.3. The highest BCUT2D eigenvalue weighted by Crippen LogP contribution is 2.22. The van der Waals surface area contributed by atoms with Gasteiger partial charge in [-0.2, -0.15) is 0 Å². The second-order valence-corrected chi connectivity index (χ2v) is 7.69. The van der Waals surface area contributed by atoms with Crippen LogP contribution in [0.15, 0.2) is 54.6 Å². The monoisotopic (exact) mass is 425 g/mol. The summed E-state index contributed by atoms with van der Waals surface area (Å²) >= 11 is 0. The highest BCUT2D eigenvalue weighted by Gasteiger charge is 2.36. The van der Waals surface area contributed by atoms with Crippen molar-refractivity contribution >= 4 is 17.7 Å². The Kier molecular flexibility index (Phi) is 7.38. The van der Waals surface area contributed by atoms with Gasteiger partial charge in [0.05, 0.1) is 12.5 Å². The van der Waals surface area contributed by atoms with Crippen LogP contribution >= 0.6 is 0 Å². The summed E-state index contributed by atoms with van der Waals surface area (Å²) in [5, 5.41) is 20.9. The second kappa shape index (κ2) is 10.2. The van der Waals surface area contributed by atoms with Gasteiger partial charge in [-0.3, -0.25) is 19.6 Å². The van der Waals surface area contributed by atoms with Gasteiger partial charge in [-0.05, 0) is 36.5 Å². The minimum atomic E-state index is -1.31. The molecule has 1 saturated heterocycles. The van der Waals surface area contributed by atoms with E-state index < -0.39 is 30.0 Å². The van der Waals surface area contributed by atoms with Crippen molar-refractivity contribution in [1.82, 2.24) is 15.7 Å². The van der Waals surface area contributed by atoms with Crippen LogP contribution in [0.25, 0.3) is 11.1 Å². The van der Waals surface area contributed by atoms with Gasteiger partial charge in [-0.25, -0.2) is 5.48 Å². The summed E-state index contributed by atoms with van der Waals surface area (Å²) in [6.07, 6.45) is 0.0976. The number of likely N-dealkylation sites (tertiary alicyclic amines) is 1. The van der Waals surface area contributed by atoms with Crippen LogP contribution in [-0.4, -0.2) is 57.7 Å². The molecule has 0 spiro atoms.